The molecule has 0 bridgehead atoms. The van der Waals surface area contributed by atoms with Crippen molar-refractivity contribution in [3.8, 4) is 0 Å². The molecule has 0 radical (unpaired) electrons. The molecular formula is C36H64N2O5. The number of esters is 1. The molecule has 0 aliphatic heterocycles. The molecule has 248 valence electrons. The summed E-state index contributed by atoms with van der Waals surface area (Å²) in [5.41, 5.74) is 5.46. The largest absolute Gasteiger partial charge is 0.480 e. The molecule has 0 rings (SSSR count). The van der Waals surface area contributed by atoms with Crippen LogP contribution in [0.3, 0.4) is 0 Å². The second kappa shape index (κ2) is 31.0. The normalized spacial score (nSPS) is 13.2. The summed E-state index contributed by atoms with van der Waals surface area (Å²) in [7, 11) is 0. The van der Waals surface area contributed by atoms with Gasteiger partial charge in [-0.05, 0) is 83.2 Å². The average Bonchev–Trinajstić information content (AvgIpc) is 2.98. The van der Waals surface area contributed by atoms with E-state index in [1.807, 2.05) is 6.08 Å². The van der Waals surface area contributed by atoms with E-state index in [1.165, 1.54) is 44.9 Å². The first-order chi connectivity index (χ1) is 20.9. The van der Waals surface area contributed by atoms with Gasteiger partial charge in [0.1, 0.15) is 12.1 Å². The molecule has 0 aromatic heterocycles. The molecule has 0 spiro atoms. The van der Waals surface area contributed by atoms with Gasteiger partial charge < -0.3 is 20.9 Å². The van der Waals surface area contributed by atoms with E-state index in [0.29, 0.717) is 38.6 Å². The van der Waals surface area contributed by atoms with Gasteiger partial charge in [-0.25, -0.2) is 4.79 Å². The van der Waals surface area contributed by atoms with Crippen molar-refractivity contribution in [2.45, 2.75) is 167 Å². The van der Waals surface area contributed by atoms with Crippen LogP contribution in [-0.4, -0.2) is 41.6 Å². The van der Waals surface area contributed by atoms with Gasteiger partial charge in [-0.2, -0.15) is 0 Å². The molecule has 1 amide bonds. The zero-order valence-electron chi connectivity index (χ0n) is 27.5. The Balaban J connectivity index is 4.39. The molecule has 2 atom stereocenters. The van der Waals surface area contributed by atoms with Crippen LogP contribution in [0.5, 0.6) is 0 Å². The van der Waals surface area contributed by atoms with Crippen LogP contribution >= 0.6 is 0 Å². The summed E-state index contributed by atoms with van der Waals surface area (Å²) >= 11 is 0. The van der Waals surface area contributed by atoms with Crippen LogP contribution in [0.4, 0.5) is 0 Å². The van der Waals surface area contributed by atoms with Crippen molar-refractivity contribution in [1.29, 1.82) is 0 Å². The standard InChI is InChI=1S/C36H64N2O5/c1-3-5-7-9-11-12-13-14-16-18-24-30-35(40)43-32(26-21-17-15-10-8-6-4-2)27-22-19-20-23-29-34(39)38-33(36(41)42)28-25-31-37/h9-11,15,21,26,32-33H,3-8,12-14,16-20,22-25,27-31,37H2,1-2H3,(H,38,39)(H,41,42)/b11-9-,15-10-,26-21-. The number of ether oxygens (including phenoxy) is 1. The molecule has 0 aromatic carbocycles. The van der Waals surface area contributed by atoms with Crippen LogP contribution in [0.25, 0.3) is 0 Å². The highest BCUT2D eigenvalue weighted by Gasteiger charge is 2.18. The lowest BCUT2D eigenvalue weighted by molar-refractivity contribution is -0.147. The van der Waals surface area contributed by atoms with Gasteiger partial charge in [-0.15, -0.1) is 0 Å². The molecule has 2 unspecified atom stereocenters. The number of allylic oxidation sites excluding steroid dienone is 5. The third-order valence-corrected chi connectivity index (χ3v) is 7.41. The van der Waals surface area contributed by atoms with Crippen molar-refractivity contribution in [3.05, 3.63) is 36.5 Å². The molecule has 0 aliphatic carbocycles. The molecule has 4 N–H and O–H groups in total. The van der Waals surface area contributed by atoms with Crippen molar-refractivity contribution in [3.63, 3.8) is 0 Å². The highest BCUT2D eigenvalue weighted by molar-refractivity contribution is 5.83. The summed E-state index contributed by atoms with van der Waals surface area (Å²) in [5, 5.41) is 11.9. The number of amides is 1. The van der Waals surface area contributed by atoms with E-state index in [1.54, 1.807) is 0 Å². The lowest BCUT2D eigenvalue weighted by Gasteiger charge is -2.15. The molecule has 7 heteroatoms. The molecule has 0 aromatic rings. The van der Waals surface area contributed by atoms with E-state index >= 15 is 0 Å². The van der Waals surface area contributed by atoms with Crippen molar-refractivity contribution >= 4 is 17.8 Å². The number of nitrogens with two attached hydrogens (primary N) is 1. The maximum atomic E-state index is 12.6. The van der Waals surface area contributed by atoms with E-state index in [4.69, 9.17) is 10.5 Å². The summed E-state index contributed by atoms with van der Waals surface area (Å²) in [5.74, 6) is -1.37. The summed E-state index contributed by atoms with van der Waals surface area (Å²) in [6.07, 6.45) is 33.4. The first-order valence-electron chi connectivity index (χ1n) is 17.3. The summed E-state index contributed by atoms with van der Waals surface area (Å²) in [6.45, 7) is 4.81. The number of hydrogen-bond acceptors (Lipinski definition) is 5. The fraction of sp³-hybridized carbons (Fsp3) is 0.750. The summed E-state index contributed by atoms with van der Waals surface area (Å²) in [4.78, 5) is 36.0. The number of carboxylic acid groups (broad SMARTS) is 1. The third-order valence-electron chi connectivity index (χ3n) is 7.41. The van der Waals surface area contributed by atoms with Crippen molar-refractivity contribution < 1.29 is 24.2 Å². The van der Waals surface area contributed by atoms with Gasteiger partial charge in [0.15, 0.2) is 0 Å². The Labute approximate surface area is 263 Å². The molecule has 0 aliphatic rings. The number of unbranched alkanes of at least 4 members (excludes halogenated alkanes) is 12. The van der Waals surface area contributed by atoms with E-state index in [0.717, 1.165) is 64.2 Å². The monoisotopic (exact) mass is 604 g/mol. The van der Waals surface area contributed by atoms with E-state index in [-0.39, 0.29) is 18.0 Å². The second-order valence-corrected chi connectivity index (χ2v) is 11.6. The number of aliphatic carboxylic acids is 1. The number of carbonyl (C=O) groups excluding carboxylic acids is 2. The zero-order chi connectivity index (χ0) is 31.8. The van der Waals surface area contributed by atoms with Gasteiger partial charge in [0, 0.05) is 12.8 Å². The molecule has 43 heavy (non-hydrogen) atoms. The van der Waals surface area contributed by atoms with Gasteiger partial charge in [0.2, 0.25) is 5.91 Å². The first-order valence-corrected chi connectivity index (χ1v) is 17.3. The SMILES string of the molecule is CCCC/C=C\C/C=C\C(CCCCCCC(=O)NC(CCCN)C(=O)O)OC(=O)CCCCCCC/C=C\CCCC. The molecule has 7 nitrogen and oxygen atoms in total. The van der Waals surface area contributed by atoms with Gasteiger partial charge >= 0.3 is 11.9 Å². The minimum absolute atomic E-state index is 0.119. The number of carbonyl (C=O) groups is 3. The predicted molar refractivity (Wildman–Crippen MR) is 179 cm³/mol. The second-order valence-electron chi connectivity index (χ2n) is 11.6. The minimum atomic E-state index is -1.02. The van der Waals surface area contributed by atoms with Gasteiger partial charge in [0.25, 0.3) is 0 Å². The van der Waals surface area contributed by atoms with Crippen LogP contribution in [-0.2, 0) is 19.1 Å². The minimum Gasteiger partial charge on any atom is -0.480 e. The highest BCUT2D eigenvalue weighted by atomic mass is 16.5. The fourth-order valence-electron chi connectivity index (χ4n) is 4.72. The van der Waals surface area contributed by atoms with E-state index in [9.17, 15) is 19.5 Å². The summed E-state index contributed by atoms with van der Waals surface area (Å²) < 4.78 is 5.84. The number of carboxylic acids is 1. The van der Waals surface area contributed by atoms with E-state index < -0.39 is 12.0 Å². The Bertz CT molecular complexity index is 778. The Hall–Kier alpha value is -2.41. The van der Waals surface area contributed by atoms with Crippen molar-refractivity contribution in [1.82, 2.24) is 5.32 Å². The first kappa shape index (κ1) is 40.6. The number of nitrogens with one attached hydrogen (secondary N) is 1. The highest BCUT2D eigenvalue weighted by Crippen LogP contribution is 2.14. The Morgan fingerprint density at radius 1 is 0.698 bits per heavy atom. The topological polar surface area (TPSA) is 119 Å². The molecule has 0 saturated heterocycles. The molecule has 0 saturated carbocycles. The lowest BCUT2D eigenvalue weighted by atomic mass is 10.1. The maximum absolute atomic E-state index is 12.6. The smallest absolute Gasteiger partial charge is 0.326 e. The van der Waals surface area contributed by atoms with Crippen LogP contribution in [0, 0.1) is 0 Å². The van der Waals surface area contributed by atoms with Gasteiger partial charge in [-0.3, -0.25) is 9.59 Å². The molecule has 0 heterocycles. The quantitative estimate of drug-likeness (QED) is 0.0429. The Kier molecular flexibility index (Phi) is 29.3. The zero-order valence-corrected chi connectivity index (χ0v) is 27.5. The van der Waals surface area contributed by atoms with Crippen molar-refractivity contribution in [2.75, 3.05) is 6.54 Å². The third kappa shape index (κ3) is 28.1. The van der Waals surface area contributed by atoms with Crippen LogP contribution < -0.4 is 11.1 Å². The van der Waals surface area contributed by atoms with Crippen LogP contribution in [0.15, 0.2) is 36.5 Å². The predicted octanol–water partition coefficient (Wildman–Crippen LogP) is 8.72. The Morgan fingerprint density at radius 2 is 1.28 bits per heavy atom. The maximum Gasteiger partial charge on any atom is 0.326 e. The number of rotatable bonds is 30. The molecule has 0 fully saturated rings. The van der Waals surface area contributed by atoms with Crippen molar-refractivity contribution in [2.24, 2.45) is 5.73 Å². The fourth-order valence-corrected chi connectivity index (χ4v) is 4.72. The average molecular weight is 605 g/mol. The van der Waals surface area contributed by atoms with Gasteiger partial charge in [0.05, 0.1) is 0 Å². The van der Waals surface area contributed by atoms with Crippen LogP contribution in [0.2, 0.25) is 0 Å². The summed E-state index contributed by atoms with van der Waals surface area (Å²) in [6, 6.07) is -0.873. The molecular weight excluding hydrogens is 540 g/mol. The van der Waals surface area contributed by atoms with E-state index in [2.05, 4.69) is 49.5 Å². The lowest BCUT2D eigenvalue weighted by Crippen LogP contribution is -2.40. The van der Waals surface area contributed by atoms with Gasteiger partial charge in [-0.1, -0.05) is 102 Å². The Morgan fingerprint density at radius 3 is 1.93 bits per heavy atom. The van der Waals surface area contributed by atoms with Crippen LogP contribution in [0.1, 0.15) is 155 Å². The number of hydrogen-bond donors (Lipinski definition) is 3.